The lowest BCUT2D eigenvalue weighted by Crippen LogP contribution is -2.18. The molecule has 154 valence electrons. The maximum atomic E-state index is 12.1. The molecule has 0 spiro atoms. The highest BCUT2D eigenvalue weighted by atomic mass is 32.2. The van der Waals surface area contributed by atoms with Gasteiger partial charge >= 0.3 is 0 Å². The SMILES string of the molecule is CCc1nc2c(NS(C)(=O)=O)cc(-c3cc(C)c(=O)n(C)c3)cc2n1CC1CC1. The van der Waals surface area contributed by atoms with E-state index in [0.717, 1.165) is 41.7 Å². The molecule has 0 unspecified atom stereocenters. The molecule has 2 heterocycles. The number of aromatic nitrogens is 3. The molecule has 7 nitrogen and oxygen atoms in total. The molecule has 0 amide bonds. The first-order chi connectivity index (χ1) is 13.7. The van der Waals surface area contributed by atoms with Gasteiger partial charge in [0.1, 0.15) is 11.3 Å². The highest BCUT2D eigenvalue weighted by Gasteiger charge is 2.25. The topological polar surface area (TPSA) is 86.0 Å². The number of sulfonamides is 1. The molecule has 1 aliphatic rings. The zero-order chi connectivity index (χ0) is 20.9. The highest BCUT2D eigenvalue weighted by molar-refractivity contribution is 7.92. The summed E-state index contributed by atoms with van der Waals surface area (Å²) in [5.74, 6) is 1.62. The number of hydrogen-bond donors (Lipinski definition) is 1. The largest absolute Gasteiger partial charge is 0.328 e. The number of anilines is 1. The summed E-state index contributed by atoms with van der Waals surface area (Å²) in [5, 5.41) is 0. The lowest BCUT2D eigenvalue weighted by molar-refractivity contribution is 0.607. The Hall–Kier alpha value is -2.61. The van der Waals surface area contributed by atoms with E-state index in [1.54, 1.807) is 30.8 Å². The van der Waals surface area contributed by atoms with Crippen LogP contribution in [-0.4, -0.2) is 28.8 Å². The summed E-state index contributed by atoms with van der Waals surface area (Å²) in [6.45, 7) is 4.74. The maximum absolute atomic E-state index is 12.1. The van der Waals surface area contributed by atoms with Crippen LogP contribution in [0.2, 0.25) is 0 Å². The Balaban J connectivity index is 1.98. The zero-order valence-corrected chi connectivity index (χ0v) is 18.0. The first-order valence-electron chi connectivity index (χ1n) is 9.85. The molecule has 1 N–H and O–H groups in total. The molecule has 0 aliphatic heterocycles. The van der Waals surface area contributed by atoms with Crippen LogP contribution in [0.15, 0.2) is 29.2 Å². The zero-order valence-electron chi connectivity index (χ0n) is 17.2. The number of pyridine rings is 1. The maximum Gasteiger partial charge on any atom is 0.253 e. The van der Waals surface area contributed by atoms with Crippen molar-refractivity contribution in [2.24, 2.45) is 13.0 Å². The van der Waals surface area contributed by atoms with Crippen LogP contribution in [0.3, 0.4) is 0 Å². The smallest absolute Gasteiger partial charge is 0.253 e. The van der Waals surface area contributed by atoms with Gasteiger partial charge in [-0.15, -0.1) is 0 Å². The van der Waals surface area contributed by atoms with Crippen molar-refractivity contribution in [1.29, 1.82) is 0 Å². The first kappa shape index (κ1) is 19.7. The molecule has 1 saturated carbocycles. The quantitative estimate of drug-likeness (QED) is 0.672. The third-order valence-electron chi connectivity index (χ3n) is 5.38. The van der Waals surface area contributed by atoms with Gasteiger partial charge < -0.3 is 9.13 Å². The summed E-state index contributed by atoms with van der Waals surface area (Å²) >= 11 is 0. The summed E-state index contributed by atoms with van der Waals surface area (Å²) in [6.07, 6.45) is 6.13. The van der Waals surface area contributed by atoms with E-state index < -0.39 is 10.0 Å². The minimum atomic E-state index is -3.47. The van der Waals surface area contributed by atoms with Gasteiger partial charge in [0.15, 0.2) is 0 Å². The number of nitrogens with zero attached hydrogens (tertiary/aromatic N) is 3. The molecule has 29 heavy (non-hydrogen) atoms. The van der Waals surface area contributed by atoms with E-state index in [2.05, 4.69) is 22.3 Å². The van der Waals surface area contributed by atoms with Crippen LogP contribution in [0, 0.1) is 12.8 Å². The molecule has 0 atom stereocenters. The fraction of sp³-hybridized carbons (Fsp3) is 0.429. The van der Waals surface area contributed by atoms with Crippen LogP contribution < -0.4 is 10.3 Å². The van der Waals surface area contributed by atoms with E-state index in [9.17, 15) is 13.2 Å². The Morgan fingerprint density at radius 3 is 2.52 bits per heavy atom. The monoisotopic (exact) mass is 414 g/mol. The van der Waals surface area contributed by atoms with E-state index in [-0.39, 0.29) is 5.56 Å². The van der Waals surface area contributed by atoms with E-state index in [1.807, 2.05) is 6.07 Å². The lowest BCUT2D eigenvalue weighted by atomic mass is 10.0. The van der Waals surface area contributed by atoms with E-state index in [0.29, 0.717) is 22.7 Å². The minimum absolute atomic E-state index is 0.0450. The fourth-order valence-corrected chi connectivity index (χ4v) is 4.34. The van der Waals surface area contributed by atoms with Gasteiger partial charge in [0.05, 0.1) is 17.5 Å². The number of benzene rings is 1. The van der Waals surface area contributed by atoms with Crippen LogP contribution in [0.25, 0.3) is 22.2 Å². The van der Waals surface area contributed by atoms with Gasteiger partial charge in [-0.1, -0.05) is 6.92 Å². The first-order valence-corrected chi connectivity index (χ1v) is 11.7. The summed E-state index contributed by atoms with van der Waals surface area (Å²) in [5.41, 5.74) is 4.36. The van der Waals surface area contributed by atoms with Crippen molar-refractivity contribution in [3.05, 3.63) is 46.1 Å². The molecular weight excluding hydrogens is 388 g/mol. The number of imidazole rings is 1. The molecule has 0 radical (unpaired) electrons. The molecule has 8 heteroatoms. The van der Waals surface area contributed by atoms with Crippen molar-refractivity contribution in [3.63, 3.8) is 0 Å². The Bertz CT molecular complexity index is 1240. The average molecular weight is 415 g/mol. The van der Waals surface area contributed by atoms with E-state index in [1.165, 1.54) is 12.8 Å². The van der Waals surface area contributed by atoms with Crippen LogP contribution in [0.1, 0.15) is 31.2 Å². The second-order valence-electron chi connectivity index (χ2n) is 8.03. The Kier molecular flexibility index (Phi) is 4.77. The predicted octanol–water partition coefficient (Wildman–Crippen LogP) is 3.05. The Labute approximate surface area is 170 Å². The number of fused-ring (bicyclic) bond motifs is 1. The molecule has 1 fully saturated rings. The molecule has 1 aromatic carbocycles. The van der Waals surface area contributed by atoms with Crippen molar-refractivity contribution in [2.75, 3.05) is 11.0 Å². The summed E-state index contributed by atoms with van der Waals surface area (Å²) in [4.78, 5) is 16.9. The van der Waals surface area contributed by atoms with Gasteiger partial charge in [-0.05, 0) is 55.0 Å². The molecule has 4 rings (SSSR count). The third-order valence-corrected chi connectivity index (χ3v) is 5.97. The second kappa shape index (κ2) is 7.02. The van der Waals surface area contributed by atoms with Gasteiger partial charge in [0.25, 0.3) is 5.56 Å². The molecule has 2 aromatic heterocycles. The Morgan fingerprint density at radius 2 is 1.93 bits per heavy atom. The second-order valence-corrected chi connectivity index (χ2v) is 9.78. The average Bonchev–Trinajstić information content (AvgIpc) is 3.38. The van der Waals surface area contributed by atoms with Gasteiger partial charge in [-0.2, -0.15) is 0 Å². The van der Waals surface area contributed by atoms with Gasteiger partial charge in [0.2, 0.25) is 10.0 Å². The molecule has 0 saturated heterocycles. The summed E-state index contributed by atoms with van der Waals surface area (Å²) < 4.78 is 30.4. The third kappa shape index (κ3) is 3.94. The highest BCUT2D eigenvalue weighted by Crippen LogP contribution is 2.36. The minimum Gasteiger partial charge on any atom is -0.328 e. The summed E-state index contributed by atoms with van der Waals surface area (Å²) in [7, 11) is -1.74. The molecule has 1 aliphatic carbocycles. The van der Waals surface area contributed by atoms with E-state index in [4.69, 9.17) is 4.98 Å². The van der Waals surface area contributed by atoms with Crippen LogP contribution in [-0.2, 0) is 30.0 Å². The Morgan fingerprint density at radius 1 is 1.21 bits per heavy atom. The van der Waals surface area contributed by atoms with Gasteiger partial charge in [0, 0.05) is 31.8 Å². The fourth-order valence-electron chi connectivity index (χ4n) is 3.78. The van der Waals surface area contributed by atoms with Crippen LogP contribution >= 0.6 is 0 Å². The molecule has 0 bridgehead atoms. The number of nitrogens with one attached hydrogen (secondary N) is 1. The number of aryl methyl sites for hydroxylation is 3. The summed E-state index contributed by atoms with van der Waals surface area (Å²) in [6, 6.07) is 5.70. The van der Waals surface area contributed by atoms with Crippen molar-refractivity contribution in [2.45, 2.75) is 39.7 Å². The standard InChI is InChI=1S/C21H26N4O3S/c1-5-19-22-20-17(23-29(4,27)28)9-15(10-18(20)25(19)11-14-6-7-14)16-8-13(2)21(26)24(3)12-16/h8-10,12,14,23H,5-7,11H2,1-4H3. The van der Waals surface area contributed by atoms with Crippen LogP contribution in [0.4, 0.5) is 5.69 Å². The van der Waals surface area contributed by atoms with Crippen molar-refractivity contribution in [1.82, 2.24) is 14.1 Å². The van der Waals surface area contributed by atoms with Crippen molar-refractivity contribution < 1.29 is 8.42 Å². The lowest BCUT2D eigenvalue weighted by Gasteiger charge is -2.12. The molecular formula is C21H26N4O3S. The number of rotatable bonds is 6. The van der Waals surface area contributed by atoms with Crippen LogP contribution in [0.5, 0.6) is 0 Å². The van der Waals surface area contributed by atoms with Gasteiger partial charge in [-0.25, -0.2) is 13.4 Å². The predicted molar refractivity (Wildman–Crippen MR) is 116 cm³/mol. The van der Waals surface area contributed by atoms with Crippen molar-refractivity contribution in [3.8, 4) is 11.1 Å². The number of hydrogen-bond acceptors (Lipinski definition) is 4. The van der Waals surface area contributed by atoms with E-state index >= 15 is 0 Å². The van der Waals surface area contributed by atoms with Gasteiger partial charge in [-0.3, -0.25) is 9.52 Å². The normalized spacial score (nSPS) is 14.5. The molecule has 3 aromatic rings. The van der Waals surface area contributed by atoms with Crippen molar-refractivity contribution >= 4 is 26.7 Å².